The van der Waals surface area contributed by atoms with Gasteiger partial charge in [0.05, 0.1) is 17.2 Å². The molecule has 1 saturated heterocycles. The van der Waals surface area contributed by atoms with E-state index in [4.69, 9.17) is 27.9 Å². The van der Waals surface area contributed by atoms with Crippen molar-refractivity contribution in [2.45, 2.75) is 80.7 Å². The molecule has 3 aliphatic carbocycles. The molecule has 4 atom stereocenters. The second kappa shape index (κ2) is 10.6. The number of hydrogen-bond donors (Lipinski definition) is 1. The van der Waals surface area contributed by atoms with Gasteiger partial charge in [0.2, 0.25) is 10.0 Å². The molecule has 0 radical (unpaired) electrons. The molecule has 7 nitrogen and oxygen atoms in total. The minimum Gasteiger partial charge on any atom is -0.449 e. The Balaban J connectivity index is 1.45. The lowest BCUT2D eigenvalue weighted by Crippen LogP contribution is -2.62. The molecule has 1 amide bonds. The number of piperidine rings is 1. The van der Waals surface area contributed by atoms with Gasteiger partial charge in [-0.2, -0.15) is 0 Å². The summed E-state index contributed by atoms with van der Waals surface area (Å²) < 4.78 is 34.6. The fourth-order valence-corrected chi connectivity index (χ4v) is 7.76. The van der Waals surface area contributed by atoms with E-state index in [1.54, 1.807) is 25.1 Å². The van der Waals surface area contributed by atoms with E-state index in [2.05, 4.69) is 4.72 Å². The summed E-state index contributed by atoms with van der Waals surface area (Å²) in [6.45, 7) is 1.82. The van der Waals surface area contributed by atoms with Gasteiger partial charge in [-0.3, -0.25) is 9.59 Å². The lowest BCUT2D eigenvalue weighted by molar-refractivity contribution is -0.185. The zero-order chi connectivity index (χ0) is 28.2. The molecule has 214 valence electrons. The number of rotatable bonds is 10. The van der Waals surface area contributed by atoms with Crippen molar-refractivity contribution in [2.24, 2.45) is 11.8 Å². The Kier molecular flexibility index (Phi) is 7.43. The number of likely N-dealkylation sites (tertiary alicyclic amines) is 1. The molecule has 10 heteroatoms. The Bertz CT molecular complexity index is 1410. The third-order valence-electron chi connectivity index (χ3n) is 8.68. The number of sulfonamides is 1. The van der Waals surface area contributed by atoms with E-state index in [-0.39, 0.29) is 47.8 Å². The second-order valence-corrected chi connectivity index (χ2v) is 14.9. The van der Waals surface area contributed by atoms with Crippen LogP contribution in [0.1, 0.15) is 75.0 Å². The van der Waals surface area contributed by atoms with Crippen molar-refractivity contribution in [3.8, 4) is 0 Å². The number of halogens is 2. The predicted octanol–water partition coefficient (Wildman–Crippen LogP) is 5.62. The number of carbonyl (C=O) groups excluding carboxylic acids is 2. The quantitative estimate of drug-likeness (QED) is 0.355. The van der Waals surface area contributed by atoms with Gasteiger partial charge >= 0.3 is 5.97 Å². The maximum absolute atomic E-state index is 14.6. The molecule has 1 aliphatic heterocycles. The molecule has 6 rings (SSSR count). The molecule has 4 aliphatic rings. The van der Waals surface area contributed by atoms with Crippen molar-refractivity contribution in [2.75, 3.05) is 6.54 Å². The third kappa shape index (κ3) is 5.78. The first-order valence-corrected chi connectivity index (χ1v) is 16.4. The van der Waals surface area contributed by atoms with Crippen molar-refractivity contribution in [3.63, 3.8) is 0 Å². The summed E-state index contributed by atoms with van der Waals surface area (Å²) in [6.07, 6.45) is 4.93. The van der Waals surface area contributed by atoms with Gasteiger partial charge in [-0.05, 0) is 86.8 Å². The van der Waals surface area contributed by atoms with Gasteiger partial charge in [-0.15, -0.1) is 0 Å². The van der Waals surface area contributed by atoms with E-state index in [1.807, 2.05) is 35.2 Å². The first-order valence-electron chi connectivity index (χ1n) is 14.1. The largest absolute Gasteiger partial charge is 0.449 e. The highest BCUT2D eigenvalue weighted by molar-refractivity contribution is 7.90. The summed E-state index contributed by atoms with van der Waals surface area (Å²) in [5.41, 5.74) is 0.402. The van der Waals surface area contributed by atoms with Crippen LogP contribution >= 0.6 is 23.2 Å². The van der Waals surface area contributed by atoms with E-state index < -0.39 is 27.7 Å². The molecule has 40 heavy (non-hydrogen) atoms. The molecule has 0 unspecified atom stereocenters. The van der Waals surface area contributed by atoms with Crippen LogP contribution in [0.4, 0.5) is 0 Å². The highest BCUT2D eigenvalue weighted by atomic mass is 35.5. The van der Waals surface area contributed by atoms with Crippen LogP contribution in [0.5, 0.6) is 0 Å². The SMILES string of the molecule is C[C@@]1(OC(=O)C2CC2)C[C@H](c2cccc(Cl)c2)[C@@H](c2ccc(Cl)cc2)N([C@H](CNS(=O)(=O)C2CC2)C2CC2)C1=O. The van der Waals surface area contributed by atoms with Gasteiger partial charge in [-0.25, -0.2) is 13.1 Å². The molecule has 0 bridgehead atoms. The standard InChI is InChI=1S/C30H34Cl2N2O5S/c1-30(39-28(35)20-7-8-20)16-25(21-3-2-4-23(32)15-21)27(19-9-11-22(31)12-10-19)34(29(30)36)26(18-5-6-18)17-33-40(37,38)24-13-14-24/h2-4,9-12,15,18,20,24-27,33H,5-8,13-14,16-17H2,1H3/t25-,26-,27-,30-/m1/s1. The molecule has 2 aromatic rings. The van der Waals surface area contributed by atoms with Crippen molar-refractivity contribution in [1.29, 1.82) is 0 Å². The van der Waals surface area contributed by atoms with Crippen LogP contribution < -0.4 is 4.72 Å². The Morgan fingerprint density at radius 1 is 1.02 bits per heavy atom. The highest BCUT2D eigenvalue weighted by Crippen LogP contribution is 2.52. The monoisotopic (exact) mass is 604 g/mol. The van der Waals surface area contributed by atoms with Gasteiger partial charge < -0.3 is 9.64 Å². The van der Waals surface area contributed by atoms with Crippen LogP contribution in [0.3, 0.4) is 0 Å². The summed E-state index contributed by atoms with van der Waals surface area (Å²) in [7, 11) is -3.46. The van der Waals surface area contributed by atoms with Crippen LogP contribution in [0, 0.1) is 11.8 Å². The normalized spacial score (nSPS) is 27.9. The first-order chi connectivity index (χ1) is 19.1. The van der Waals surface area contributed by atoms with Gasteiger partial charge in [0.15, 0.2) is 5.60 Å². The zero-order valence-corrected chi connectivity index (χ0v) is 24.7. The summed E-state index contributed by atoms with van der Waals surface area (Å²) in [6, 6.07) is 14.2. The van der Waals surface area contributed by atoms with Crippen molar-refractivity contribution >= 4 is 45.1 Å². The Hall–Kier alpha value is -2.13. The molecular weight excluding hydrogens is 571 g/mol. The minimum atomic E-state index is -3.46. The maximum atomic E-state index is 14.6. The summed E-state index contributed by atoms with van der Waals surface area (Å²) in [4.78, 5) is 29.4. The fraction of sp³-hybridized carbons (Fsp3) is 0.533. The summed E-state index contributed by atoms with van der Waals surface area (Å²) >= 11 is 12.7. The van der Waals surface area contributed by atoms with Crippen LogP contribution in [0.25, 0.3) is 0 Å². The van der Waals surface area contributed by atoms with Gasteiger partial charge in [0.25, 0.3) is 5.91 Å². The van der Waals surface area contributed by atoms with E-state index in [0.717, 1.165) is 36.8 Å². The second-order valence-electron chi connectivity index (χ2n) is 12.0. The smallest absolute Gasteiger partial charge is 0.309 e. The van der Waals surface area contributed by atoms with Crippen LogP contribution in [0.15, 0.2) is 48.5 Å². The molecule has 0 aromatic heterocycles. The van der Waals surface area contributed by atoms with Gasteiger partial charge in [0, 0.05) is 35.0 Å². The molecule has 1 heterocycles. The number of benzene rings is 2. The Morgan fingerprint density at radius 3 is 2.33 bits per heavy atom. The predicted molar refractivity (Wildman–Crippen MR) is 154 cm³/mol. The van der Waals surface area contributed by atoms with E-state index >= 15 is 0 Å². The highest BCUT2D eigenvalue weighted by Gasteiger charge is 2.56. The summed E-state index contributed by atoms with van der Waals surface area (Å²) in [5.74, 6) is -0.926. The molecule has 4 fully saturated rings. The average molecular weight is 606 g/mol. The fourth-order valence-electron chi connectivity index (χ4n) is 6.04. The Labute approximate surface area is 245 Å². The minimum absolute atomic E-state index is 0.119. The van der Waals surface area contributed by atoms with Gasteiger partial charge in [-0.1, -0.05) is 47.5 Å². The lowest BCUT2D eigenvalue weighted by Gasteiger charge is -2.51. The van der Waals surface area contributed by atoms with Crippen molar-refractivity contribution in [1.82, 2.24) is 9.62 Å². The first kappa shape index (κ1) is 28.0. The molecule has 1 N–H and O–H groups in total. The summed E-state index contributed by atoms with van der Waals surface area (Å²) in [5, 5.41) is 0.791. The average Bonchev–Trinajstić information content (AvgIpc) is 3.77. The van der Waals surface area contributed by atoms with E-state index in [0.29, 0.717) is 22.9 Å². The number of esters is 1. The molecular formula is C30H34Cl2N2O5S. The number of nitrogens with one attached hydrogen (secondary N) is 1. The number of nitrogens with zero attached hydrogens (tertiary/aromatic N) is 1. The Morgan fingerprint density at radius 2 is 1.73 bits per heavy atom. The molecule has 2 aromatic carbocycles. The van der Waals surface area contributed by atoms with Crippen molar-refractivity contribution < 1.29 is 22.7 Å². The third-order valence-corrected chi connectivity index (χ3v) is 11.1. The number of hydrogen-bond acceptors (Lipinski definition) is 5. The topological polar surface area (TPSA) is 92.8 Å². The lowest BCUT2D eigenvalue weighted by atomic mass is 9.73. The molecule has 3 saturated carbocycles. The van der Waals surface area contributed by atoms with E-state index in [1.165, 1.54) is 0 Å². The van der Waals surface area contributed by atoms with Crippen molar-refractivity contribution in [3.05, 3.63) is 69.7 Å². The van der Waals surface area contributed by atoms with Crippen LogP contribution in [0.2, 0.25) is 10.0 Å². The number of amides is 1. The zero-order valence-electron chi connectivity index (χ0n) is 22.4. The van der Waals surface area contributed by atoms with Crippen LogP contribution in [-0.4, -0.2) is 48.6 Å². The van der Waals surface area contributed by atoms with Crippen LogP contribution in [-0.2, 0) is 24.3 Å². The van der Waals surface area contributed by atoms with E-state index in [9.17, 15) is 18.0 Å². The maximum Gasteiger partial charge on any atom is 0.309 e. The molecule has 0 spiro atoms. The number of carbonyl (C=O) groups is 2. The van der Waals surface area contributed by atoms with Gasteiger partial charge in [0.1, 0.15) is 0 Å². The number of ether oxygens (including phenoxy) is 1.